The van der Waals surface area contributed by atoms with Gasteiger partial charge >= 0.3 is 0 Å². The van der Waals surface area contributed by atoms with Gasteiger partial charge in [0.25, 0.3) is 0 Å². The molecular weight excluding hydrogens is 154 g/mol. The van der Waals surface area contributed by atoms with Gasteiger partial charge in [-0.05, 0) is 6.07 Å². The molecule has 4 heteroatoms. The molecule has 0 N–H and O–H groups in total. The first-order valence-electron chi connectivity index (χ1n) is 3.54. The Labute approximate surface area is 68.9 Å². The van der Waals surface area contributed by atoms with Crippen LogP contribution in [0.1, 0.15) is 10.4 Å². The molecule has 12 heavy (non-hydrogen) atoms. The van der Waals surface area contributed by atoms with E-state index in [1.807, 2.05) is 7.05 Å². The van der Waals surface area contributed by atoms with Crippen molar-refractivity contribution in [3.8, 4) is 0 Å². The van der Waals surface area contributed by atoms with Crippen molar-refractivity contribution in [3.63, 3.8) is 0 Å². The van der Waals surface area contributed by atoms with Crippen molar-refractivity contribution < 1.29 is 4.79 Å². The zero-order valence-corrected chi connectivity index (χ0v) is 6.56. The largest absolute Gasteiger partial charge is 0.318 e. The summed E-state index contributed by atoms with van der Waals surface area (Å²) in [5, 5.41) is 0. The molecule has 0 aromatic carbocycles. The maximum atomic E-state index is 10.6. The van der Waals surface area contributed by atoms with Gasteiger partial charge in [0.15, 0.2) is 11.9 Å². The molecule has 0 saturated carbocycles. The summed E-state index contributed by atoms with van der Waals surface area (Å²) in [6.45, 7) is 0. The molecule has 0 unspecified atom stereocenters. The van der Waals surface area contributed by atoms with Crippen LogP contribution in [0, 0.1) is 0 Å². The van der Waals surface area contributed by atoms with Crippen molar-refractivity contribution in [2.45, 2.75) is 0 Å². The van der Waals surface area contributed by atoms with Crippen LogP contribution in [-0.2, 0) is 7.05 Å². The number of nitrogens with zero attached hydrogens (tertiary/aromatic N) is 3. The van der Waals surface area contributed by atoms with Crippen molar-refractivity contribution in [2.24, 2.45) is 7.05 Å². The van der Waals surface area contributed by atoms with Crippen LogP contribution in [0.5, 0.6) is 0 Å². The molecule has 2 rings (SSSR count). The predicted octanol–water partition coefficient (Wildman–Crippen LogP) is 0.781. The minimum absolute atomic E-state index is 0.584. The molecule has 0 spiro atoms. The van der Waals surface area contributed by atoms with E-state index in [-0.39, 0.29) is 0 Å². The van der Waals surface area contributed by atoms with Gasteiger partial charge in [0, 0.05) is 18.8 Å². The van der Waals surface area contributed by atoms with Crippen LogP contribution >= 0.6 is 0 Å². The minimum Gasteiger partial charge on any atom is -0.318 e. The number of pyridine rings is 1. The minimum atomic E-state index is 0.584. The van der Waals surface area contributed by atoms with Crippen molar-refractivity contribution in [1.29, 1.82) is 0 Å². The van der Waals surface area contributed by atoms with E-state index in [1.54, 1.807) is 23.2 Å². The second kappa shape index (κ2) is 2.41. The summed E-state index contributed by atoms with van der Waals surface area (Å²) in [6.07, 6.45) is 4.04. The molecule has 0 aliphatic heterocycles. The molecule has 4 nitrogen and oxygen atoms in total. The van der Waals surface area contributed by atoms with Crippen molar-refractivity contribution in [2.75, 3.05) is 0 Å². The predicted molar refractivity (Wildman–Crippen MR) is 43.9 cm³/mol. The molecule has 0 aliphatic rings. The van der Waals surface area contributed by atoms with E-state index < -0.39 is 0 Å². The third kappa shape index (κ3) is 0.812. The van der Waals surface area contributed by atoms with E-state index in [0.717, 1.165) is 11.9 Å². The van der Waals surface area contributed by atoms with Crippen molar-refractivity contribution >= 4 is 17.5 Å². The summed E-state index contributed by atoms with van der Waals surface area (Å²) in [7, 11) is 1.84. The number of hydrogen-bond donors (Lipinski definition) is 0. The van der Waals surface area contributed by atoms with E-state index in [4.69, 9.17) is 0 Å². The molecule has 0 atom stereocenters. The highest BCUT2D eigenvalue weighted by Crippen LogP contribution is 2.11. The lowest BCUT2D eigenvalue weighted by Crippen LogP contribution is -1.89. The maximum Gasteiger partial charge on any atom is 0.160 e. The fourth-order valence-electron chi connectivity index (χ4n) is 1.14. The number of aryl methyl sites for hydroxylation is 1. The standard InChI is InChI=1S/C8H7N3O/c1-11-5-10-7-6(4-12)2-3-9-8(7)11/h2-5H,1H3. The number of imidazole rings is 1. The number of aldehydes is 1. The number of rotatable bonds is 1. The second-order valence-corrected chi connectivity index (χ2v) is 2.55. The molecule has 0 fully saturated rings. The maximum absolute atomic E-state index is 10.6. The van der Waals surface area contributed by atoms with Crippen LogP contribution in [0.15, 0.2) is 18.6 Å². The molecule has 2 aromatic rings. The average molecular weight is 161 g/mol. The van der Waals surface area contributed by atoms with E-state index in [2.05, 4.69) is 9.97 Å². The summed E-state index contributed by atoms with van der Waals surface area (Å²) in [5.41, 5.74) is 1.98. The second-order valence-electron chi connectivity index (χ2n) is 2.55. The zero-order chi connectivity index (χ0) is 8.55. The molecule has 2 aromatic heterocycles. The van der Waals surface area contributed by atoms with Gasteiger partial charge in [0.05, 0.1) is 6.33 Å². The highest BCUT2D eigenvalue weighted by Gasteiger charge is 2.04. The Morgan fingerprint density at radius 1 is 1.50 bits per heavy atom. The number of aromatic nitrogens is 3. The van der Waals surface area contributed by atoms with Gasteiger partial charge < -0.3 is 4.57 Å². The van der Waals surface area contributed by atoms with Crippen LogP contribution in [0.2, 0.25) is 0 Å². The zero-order valence-electron chi connectivity index (χ0n) is 6.56. The quantitative estimate of drug-likeness (QED) is 0.580. The van der Waals surface area contributed by atoms with Gasteiger partial charge in [-0.25, -0.2) is 9.97 Å². The SMILES string of the molecule is Cn1cnc2c(C=O)ccnc21. The lowest BCUT2D eigenvalue weighted by molar-refractivity contribution is 0.112. The van der Waals surface area contributed by atoms with Gasteiger partial charge in [0.1, 0.15) is 5.52 Å². The Morgan fingerprint density at radius 3 is 3.08 bits per heavy atom. The van der Waals surface area contributed by atoms with Crippen LogP contribution < -0.4 is 0 Å². The van der Waals surface area contributed by atoms with Gasteiger partial charge in [-0.3, -0.25) is 4.79 Å². The van der Waals surface area contributed by atoms with E-state index >= 15 is 0 Å². The first-order valence-corrected chi connectivity index (χ1v) is 3.54. The monoisotopic (exact) mass is 161 g/mol. The summed E-state index contributed by atoms with van der Waals surface area (Å²) in [5.74, 6) is 0. The van der Waals surface area contributed by atoms with Crippen molar-refractivity contribution in [1.82, 2.24) is 14.5 Å². The van der Waals surface area contributed by atoms with E-state index in [0.29, 0.717) is 11.1 Å². The van der Waals surface area contributed by atoms with Gasteiger partial charge in [-0.1, -0.05) is 0 Å². The number of carbonyl (C=O) groups excluding carboxylic acids is 1. The van der Waals surface area contributed by atoms with Crippen LogP contribution in [0.3, 0.4) is 0 Å². The third-order valence-electron chi connectivity index (χ3n) is 1.76. The van der Waals surface area contributed by atoms with Crippen LogP contribution in [0.25, 0.3) is 11.2 Å². The molecule has 0 saturated heterocycles. The summed E-state index contributed by atoms with van der Waals surface area (Å²) >= 11 is 0. The molecular formula is C8H7N3O. The topological polar surface area (TPSA) is 47.8 Å². The summed E-state index contributed by atoms with van der Waals surface area (Å²) in [4.78, 5) is 18.7. The lowest BCUT2D eigenvalue weighted by atomic mass is 10.3. The third-order valence-corrected chi connectivity index (χ3v) is 1.76. The highest BCUT2D eigenvalue weighted by atomic mass is 16.1. The van der Waals surface area contributed by atoms with Gasteiger partial charge in [-0.15, -0.1) is 0 Å². The first-order chi connectivity index (χ1) is 5.83. The number of carbonyl (C=O) groups is 1. The first kappa shape index (κ1) is 6.97. The lowest BCUT2D eigenvalue weighted by Gasteiger charge is -1.93. The average Bonchev–Trinajstić information content (AvgIpc) is 2.48. The fraction of sp³-hybridized carbons (Fsp3) is 0.125. The van der Waals surface area contributed by atoms with Crippen LogP contribution in [-0.4, -0.2) is 20.8 Å². The Bertz CT molecular complexity index is 433. The fourth-order valence-corrected chi connectivity index (χ4v) is 1.14. The molecule has 0 radical (unpaired) electrons. The molecule has 0 amide bonds. The number of fused-ring (bicyclic) bond motifs is 1. The Morgan fingerprint density at radius 2 is 2.33 bits per heavy atom. The normalized spacial score (nSPS) is 10.4. The molecule has 2 heterocycles. The highest BCUT2D eigenvalue weighted by molar-refractivity contribution is 5.92. The number of hydrogen-bond acceptors (Lipinski definition) is 3. The molecule has 60 valence electrons. The van der Waals surface area contributed by atoms with Crippen molar-refractivity contribution in [3.05, 3.63) is 24.2 Å². The van der Waals surface area contributed by atoms with Crippen LogP contribution in [0.4, 0.5) is 0 Å². The Kier molecular flexibility index (Phi) is 1.40. The smallest absolute Gasteiger partial charge is 0.160 e. The summed E-state index contributed by atoms with van der Waals surface area (Å²) in [6, 6.07) is 1.66. The van der Waals surface area contributed by atoms with Gasteiger partial charge in [-0.2, -0.15) is 0 Å². The Hall–Kier alpha value is -1.71. The summed E-state index contributed by atoms with van der Waals surface area (Å²) < 4.78 is 1.78. The molecule has 0 bridgehead atoms. The van der Waals surface area contributed by atoms with Gasteiger partial charge in [0.2, 0.25) is 0 Å². The molecule has 0 aliphatic carbocycles. The Balaban J connectivity index is 2.89. The van der Waals surface area contributed by atoms with E-state index in [9.17, 15) is 4.79 Å². The van der Waals surface area contributed by atoms with E-state index in [1.165, 1.54) is 0 Å².